The summed E-state index contributed by atoms with van der Waals surface area (Å²) in [5.74, 6) is 0.704. The second-order valence-corrected chi connectivity index (χ2v) is 7.30. The second-order valence-electron chi connectivity index (χ2n) is 7.30. The lowest BCUT2D eigenvalue weighted by Crippen LogP contribution is -2.01. The Morgan fingerprint density at radius 2 is 1.60 bits per heavy atom. The Kier molecular flexibility index (Phi) is 8.46. The van der Waals surface area contributed by atoms with Crippen molar-refractivity contribution in [1.82, 2.24) is 0 Å². The van der Waals surface area contributed by atoms with E-state index in [0.717, 1.165) is 29.9 Å². The van der Waals surface area contributed by atoms with Gasteiger partial charge in [0.15, 0.2) is 5.70 Å². The minimum absolute atomic E-state index is 0.295. The first-order valence-electron chi connectivity index (χ1n) is 10.7. The van der Waals surface area contributed by atoms with Crippen molar-refractivity contribution >= 4 is 24.0 Å². The predicted octanol–water partition coefficient (Wildman–Crippen LogP) is 6.44. The van der Waals surface area contributed by atoms with Crippen LogP contribution in [0.3, 0.4) is 0 Å². The van der Waals surface area contributed by atoms with Crippen LogP contribution in [0.2, 0.25) is 0 Å². The molecule has 4 heteroatoms. The molecule has 0 atom stereocenters. The lowest BCUT2D eigenvalue weighted by atomic mass is 10.1. The number of hydrogen-bond acceptors (Lipinski definition) is 4. The number of benzene rings is 2. The predicted molar refractivity (Wildman–Crippen MR) is 122 cm³/mol. The van der Waals surface area contributed by atoms with E-state index in [2.05, 4.69) is 11.9 Å². The van der Waals surface area contributed by atoms with Gasteiger partial charge in [-0.25, -0.2) is 9.79 Å². The number of carbonyl (C=O) groups excluding carboxylic acids is 1. The molecule has 156 valence electrons. The van der Waals surface area contributed by atoms with Crippen molar-refractivity contribution in [2.45, 2.75) is 45.4 Å². The average Bonchev–Trinajstić information content (AvgIpc) is 3.12. The van der Waals surface area contributed by atoms with Gasteiger partial charge in [0.05, 0.1) is 6.61 Å². The number of aliphatic imine (C=N–C) groups is 1. The Morgan fingerprint density at radius 3 is 2.37 bits per heavy atom. The van der Waals surface area contributed by atoms with Gasteiger partial charge in [-0.05, 0) is 41.8 Å². The van der Waals surface area contributed by atoms with Gasteiger partial charge in [-0.15, -0.1) is 0 Å². The molecule has 0 aromatic heterocycles. The van der Waals surface area contributed by atoms with E-state index >= 15 is 0 Å². The summed E-state index contributed by atoms with van der Waals surface area (Å²) in [5.41, 5.74) is 2.19. The van der Waals surface area contributed by atoms with Gasteiger partial charge < -0.3 is 9.47 Å². The Hall–Kier alpha value is -3.14. The van der Waals surface area contributed by atoms with Crippen LogP contribution in [0.5, 0.6) is 5.75 Å². The summed E-state index contributed by atoms with van der Waals surface area (Å²) >= 11 is 0. The van der Waals surface area contributed by atoms with E-state index in [4.69, 9.17) is 9.47 Å². The number of rotatable bonds is 11. The molecule has 0 fully saturated rings. The summed E-state index contributed by atoms with van der Waals surface area (Å²) in [6.45, 7) is 2.97. The SMILES string of the molecule is CCCCCCCCOc1ccc(C=C2N=C(C=Cc3ccccc3)OC2=O)cc1. The molecule has 0 saturated carbocycles. The Morgan fingerprint density at radius 1 is 0.867 bits per heavy atom. The molecule has 0 N–H and O–H groups in total. The summed E-state index contributed by atoms with van der Waals surface area (Å²) in [5, 5.41) is 0. The Labute approximate surface area is 178 Å². The van der Waals surface area contributed by atoms with Crippen molar-refractivity contribution in [2.75, 3.05) is 6.61 Å². The van der Waals surface area contributed by atoms with E-state index in [0.29, 0.717) is 11.6 Å². The van der Waals surface area contributed by atoms with Crippen LogP contribution in [0, 0.1) is 0 Å². The maximum atomic E-state index is 12.1. The fourth-order valence-corrected chi connectivity index (χ4v) is 3.12. The van der Waals surface area contributed by atoms with Crippen LogP contribution in [0.1, 0.15) is 56.6 Å². The molecule has 0 bridgehead atoms. The topological polar surface area (TPSA) is 47.9 Å². The molecule has 2 aromatic carbocycles. The molecule has 30 heavy (non-hydrogen) atoms. The zero-order chi connectivity index (χ0) is 21.0. The largest absolute Gasteiger partial charge is 0.494 e. The average molecular weight is 404 g/mol. The van der Waals surface area contributed by atoms with Crippen LogP contribution in [0.15, 0.2) is 71.4 Å². The third-order valence-corrected chi connectivity index (χ3v) is 4.81. The summed E-state index contributed by atoms with van der Waals surface area (Å²) in [6, 6.07) is 17.5. The number of unbranched alkanes of at least 4 members (excludes halogenated alkanes) is 5. The first-order valence-corrected chi connectivity index (χ1v) is 10.7. The van der Waals surface area contributed by atoms with Gasteiger partial charge in [0.25, 0.3) is 0 Å². The molecule has 0 amide bonds. The number of esters is 1. The van der Waals surface area contributed by atoms with Crippen LogP contribution in [-0.2, 0) is 9.53 Å². The van der Waals surface area contributed by atoms with Crippen molar-refractivity contribution in [3.63, 3.8) is 0 Å². The highest BCUT2D eigenvalue weighted by Crippen LogP contribution is 2.19. The summed E-state index contributed by atoms with van der Waals surface area (Å²) in [7, 11) is 0. The molecular weight excluding hydrogens is 374 g/mol. The van der Waals surface area contributed by atoms with Gasteiger partial charge in [-0.3, -0.25) is 0 Å². The highest BCUT2D eigenvalue weighted by atomic mass is 16.6. The number of carbonyl (C=O) groups is 1. The van der Waals surface area contributed by atoms with Crippen molar-refractivity contribution in [2.24, 2.45) is 4.99 Å². The third-order valence-electron chi connectivity index (χ3n) is 4.81. The zero-order valence-electron chi connectivity index (χ0n) is 17.5. The van der Waals surface area contributed by atoms with E-state index in [1.807, 2.05) is 60.7 Å². The number of cyclic esters (lactones) is 1. The van der Waals surface area contributed by atoms with Crippen LogP contribution < -0.4 is 4.74 Å². The summed E-state index contributed by atoms with van der Waals surface area (Å²) in [6.07, 6.45) is 12.8. The second kappa shape index (κ2) is 11.8. The monoisotopic (exact) mass is 403 g/mol. The van der Waals surface area contributed by atoms with Gasteiger partial charge in [-0.1, -0.05) is 81.5 Å². The zero-order valence-corrected chi connectivity index (χ0v) is 17.5. The third kappa shape index (κ3) is 7.03. The number of hydrogen-bond donors (Lipinski definition) is 0. The van der Waals surface area contributed by atoms with E-state index < -0.39 is 5.97 Å². The van der Waals surface area contributed by atoms with Gasteiger partial charge in [0.1, 0.15) is 5.75 Å². The first kappa shape index (κ1) is 21.6. The lowest BCUT2D eigenvalue weighted by molar-refractivity contribution is -0.129. The molecule has 0 saturated heterocycles. The Bertz CT molecular complexity index is 896. The Balaban J connectivity index is 1.50. The quantitative estimate of drug-likeness (QED) is 0.246. The molecule has 0 aliphatic carbocycles. The standard InChI is InChI=1S/C26H29NO3/c1-2-3-4-5-6-10-19-29-23-16-13-22(14-17-23)20-24-26(28)30-25(27-24)18-15-21-11-8-7-9-12-21/h7-9,11-18,20H,2-6,10,19H2,1H3. The van der Waals surface area contributed by atoms with Gasteiger partial charge in [0.2, 0.25) is 5.90 Å². The van der Waals surface area contributed by atoms with Crippen LogP contribution in [-0.4, -0.2) is 18.5 Å². The molecule has 1 heterocycles. The fourth-order valence-electron chi connectivity index (χ4n) is 3.12. The van der Waals surface area contributed by atoms with E-state index in [1.165, 1.54) is 32.1 Å². The van der Waals surface area contributed by atoms with E-state index in [9.17, 15) is 4.79 Å². The molecule has 4 nitrogen and oxygen atoms in total. The highest BCUT2D eigenvalue weighted by Gasteiger charge is 2.21. The normalized spacial score (nSPS) is 14.9. The van der Waals surface area contributed by atoms with Crippen molar-refractivity contribution in [1.29, 1.82) is 0 Å². The van der Waals surface area contributed by atoms with Gasteiger partial charge >= 0.3 is 5.97 Å². The highest BCUT2D eigenvalue weighted by molar-refractivity contribution is 6.11. The van der Waals surface area contributed by atoms with Crippen LogP contribution in [0.25, 0.3) is 12.2 Å². The molecule has 1 aliphatic rings. The lowest BCUT2D eigenvalue weighted by Gasteiger charge is -2.06. The fraction of sp³-hybridized carbons (Fsp3) is 0.308. The van der Waals surface area contributed by atoms with Gasteiger partial charge in [0, 0.05) is 6.08 Å². The minimum atomic E-state index is -0.439. The van der Waals surface area contributed by atoms with Crippen LogP contribution in [0.4, 0.5) is 0 Å². The molecule has 0 radical (unpaired) electrons. The smallest absolute Gasteiger partial charge is 0.363 e. The van der Waals surface area contributed by atoms with E-state index in [1.54, 1.807) is 12.2 Å². The van der Waals surface area contributed by atoms with Gasteiger partial charge in [-0.2, -0.15) is 0 Å². The number of nitrogens with zero attached hydrogens (tertiary/aromatic N) is 1. The number of ether oxygens (including phenoxy) is 2. The maximum absolute atomic E-state index is 12.1. The molecule has 0 spiro atoms. The summed E-state index contributed by atoms with van der Waals surface area (Å²) < 4.78 is 11.0. The van der Waals surface area contributed by atoms with Crippen molar-refractivity contribution < 1.29 is 14.3 Å². The molecular formula is C26H29NO3. The molecule has 2 aromatic rings. The van der Waals surface area contributed by atoms with Crippen molar-refractivity contribution in [3.8, 4) is 5.75 Å². The molecule has 1 aliphatic heterocycles. The first-order chi connectivity index (χ1) is 14.7. The molecule has 0 unspecified atom stereocenters. The van der Waals surface area contributed by atoms with Crippen molar-refractivity contribution in [3.05, 3.63) is 77.5 Å². The molecule has 3 rings (SSSR count). The van der Waals surface area contributed by atoms with Crippen LogP contribution >= 0.6 is 0 Å². The minimum Gasteiger partial charge on any atom is -0.494 e. The van der Waals surface area contributed by atoms with E-state index in [-0.39, 0.29) is 0 Å². The summed E-state index contributed by atoms with van der Waals surface area (Å²) in [4.78, 5) is 16.4. The maximum Gasteiger partial charge on any atom is 0.363 e.